The number of hydrogen-bond donors (Lipinski definition) is 0. The van der Waals surface area contributed by atoms with Crippen molar-refractivity contribution in [2.24, 2.45) is 0 Å². The maximum absolute atomic E-state index is 12.2. The molecule has 1 aromatic carbocycles. The monoisotopic (exact) mass is 365 g/mol. The number of ketones is 1. The lowest BCUT2D eigenvalue weighted by Gasteiger charge is -2.28. The third-order valence-corrected chi connectivity index (χ3v) is 4.83. The van der Waals surface area contributed by atoms with Crippen LogP contribution in [0.15, 0.2) is 48.0 Å². The van der Waals surface area contributed by atoms with Crippen LogP contribution in [0.5, 0.6) is 5.75 Å². The van der Waals surface area contributed by atoms with Crippen LogP contribution in [0.4, 0.5) is 5.69 Å². The molecular weight excluding hydrogens is 350 g/mol. The molecule has 4 rings (SSSR count). The summed E-state index contributed by atoms with van der Waals surface area (Å²) >= 11 is 1.51. The molecule has 6 nitrogen and oxygen atoms in total. The summed E-state index contributed by atoms with van der Waals surface area (Å²) in [5.74, 6) is 0.287. The van der Waals surface area contributed by atoms with Gasteiger partial charge in [0.05, 0.1) is 23.6 Å². The van der Waals surface area contributed by atoms with Crippen molar-refractivity contribution >= 4 is 28.7 Å². The van der Waals surface area contributed by atoms with Crippen LogP contribution in [-0.2, 0) is 9.59 Å². The van der Waals surface area contributed by atoms with E-state index in [0.717, 1.165) is 22.0 Å². The summed E-state index contributed by atoms with van der Waals surface area (Å²) in [6.45, 7) is 1.45. The Balaban J connectivity index is 1.71. The fraction of sp³-hybridized carbons (Fsp3) is 0.158. The van der Waals surface area contributed by atoms with Crippen molar-refractivity contribution in [2.75, 3.05) is 18.1 Å². The smallest absolute Gasteiger partial charge is 0.265 e. The summed E-state index contributed by atoms with van der Waals surface area (Å²) in [6, 6.07) is 11.2. The lowest BCUT2D eigenvalue weighted by atomic mass is 10.1. The van der Waals surface area contributed by atoms with Gasteiger partial charge in [-0.25, -0.2) is 4.98 Å². The predicted molar refractivity (Wildman–Crippen MR) is 99.3 cm³/mol. The number of benzene rings is 1. The molecule has 1 amide bonds. The topological polar surface area (TPSA) is 72.4 Å². The van der Waals surface area contributed by atoms with Crippen LogP contribution in [0, 0.1) is 0 Å². The standard InChI is InChI=1S/C19H15N3O3S/c1-12(23)9-22-16-8-13(5-6-17(16)25-10-18(22)24)15-11-26-19(21-15)14-4-2-3-7-20-14/h2-8,11H,9-10H2,1H3. The number of carbonyl (C=O) groups is 2. The van der Waals surface area contributed by atoms with Crippen molar-refractivity contribution in [3.8, 4) is 27.7 Å². The Morgan fingerprint density at radius 1 is 1.27 bits per heavy atom. The first-order valence-electron chi connectivity index (χ1n) is 8.06. The molecule has 0 aliphatic carbocycles. The van der Waals surface area contributed by atoms with Gasteiger partial charge < -0.3 is 4.74 Å². The number of pyridine rings is 1. The highest BCUT2D eigenvalue weighted by Crippen LogP contribution is 2.37. The van der Waals surface area contributed by atoms with Crippen LogP contribution < -0.4 is 9.64 Å². The average Bonchev–Trinajstić information content (AvgIpc) is 3.14. The number of hydrogen-bond acceptors (Lipinski definition) is 6. The van der Waals surface area contributed by atoms with E-state index in [9.17, 15) is 9.59 Å². The molecule has 1 aliphatic rings. The number of amides is 1. The van der Waals surface area contributed by atoms with Crippen molar-refractivity contribution in [1.29, 1.82) is 0 Å². The Kier molecular flexibility index (Phi) is 4.22. The summed E-state index contributed by atoms with van der Waals surface area (Å²) < 4.78 is 5.48. The van der Waals surface area contributed by atoms with E-state index >= 15 is 0 Å². The number of anilines is 1. The van der Waals surface area contributed by atoms with Gasteiger partial charge in [-0.3, -0.25) is 19.5 Å². The van der Waals surface area contributed by atoms with Gasteiger partial charge in [-0.05, 0) is 37.3 Å². The zero-order valence-corrected chi connectivity index (χ0v) is 14.8. The first-order chi connectivity index (χ1) is 12.6. The Labute approximate surface area is 154 Å². The number of ether oxygens (including phenoxy) is 1. The number of aromatic nitrogens is 2. The van der Waals surface area contributed by atoms with Crippen LogP contribution in [0.1, 0.15) is 6.92 Å². The molecule has 0 atom stereocenters. The van der Waals surface area contributed by atoms with Crippen LogP contribution in [0.3, 0.4) is 0 Å². The second-order valence-electron chi connectivity index (χ2n) is 5.91. The highest BCUT2D eigenvalue weighted by molar-refractivity contribution is 7.13. The summed E-state index contributed by atoms with van der Waals surface area (Å²) in [6.07, 6.45) is 1.73. The maximum atomic E-state index is 12.2. The van der Waals surface area contributed by atoms with Gasteiger partial charge in [0, 0.05) is 17.1 Å². The molecule has 3 aromatic rings. The second-order valence-corrected chi connectivity index (χ2v) is 6.76. The molecule has 0 saturated heterocycles. The molecule has 1 aliphatic heterocycles. The van der Waals surface area contributed by atoms with E-state index in [4.69, 9.17) is 4.74 Å². The minimum atomic E-state index is -0.225. The van der Waals surface area contributed by atoms with Crippen LogP contribution >= 0.6 is 11.3 Å². The Morgan fingerprint density at radius 3 is 2.92 bits per heavy atom. The molecule has 7 heteroatoms. The summed E-state index contributed by atoms with van der Waals surface area (Å²) in [4.78, 5) is 34.1. The zero-order chi connectivity index (χ0) is 18.1. The molecule has 0 N–H and O–H groups in total. The van der Waals surface area contributed by atoms with E-state index in [0.29, 0.717) is 11.4 Å². The molecule has 26 heavy (non-hydrogen) atoms. The maximum Gasteiger partial charge on any atom is 0.265 e. The van der Waals surface area contributed by atoms with Gasteiger partial charge in [-0.15, -0.1) is 11.3 Å². The molecule has 0 spiro atoms. The fourth-order valence-electron chi connectivity index (χ4n) is 2.77. The van der Waals surface area contributed by atoms with Crippen molar-refractivity contribution in [3.63, 3.8) is 0 Å². The molecular formula is C19H15N3O3S. The van der Waals surface area contributed by atoms with Crippen molar-refractivity contribution in [1.82, 2.24) is 9.97 Å². The summed E-state index contributed by atoms with van der Waals surface area (Å²) in [7, 11) is 0. The summed E-state index contributed by atoms with van der Waals surface area (Å²) in [5, 5.41) is 2.78. The minimum absolute atomic E-state index is 0.0366. The van der Waals surface area contributed by atoms with E-state index < -0.39 is 0 Å². The predicted octanol–water partition coefficient (Wildman–Crippen LogP) is 3.19. The number of fused-ring (bicyclic) bond motifs is 1. The van der Waals surface area contributed by atoms with Gasteiger partial charge in [0.15, 0.2) is 6.61 Å². The molecule has 2 aromatic heterocycles. The van der Waals surface area contributed by atoms with Gasteiger partial charge in [0.25, 0.3) is 5.91 Å². The van der Waals surface area contributed by atoms with E-state index in [2.05, 4.69) is 9.97 Å². The van der Waals surface area contributed by atoms with Crippen molar-refractivity contribution in [2.45, 2.75) is 6.92 Å². The Bertz CT molecular complexity index is 985. The number of thiazole rings is 1. The fourth-order valence-corrected chi connectivity index (χ4v) is 3.58. The van der Waals surface area contributed by atoms with Gasteiger partial charge in [0.2, 0.25) is 0 Å². The molecule has 0 fully saturated rings. The first kappa shape index (κ1) is 16.4. The van der Waals surface area contributed by atoms with Crippen molar-refractivity contribution in [3.05, 3.63) is 48.0 Å². The van der Waals surface area contributed by atoms with E-state index in [1.54, 1.807) is 6.20 Å². The quantitative estimate of drug-likeness (QED) is 0.710. The van der Waals surface area contributed by atoms with Gasteiger partial charge >= 0.3 is 0 Å². The zero-order valence-electron chi connectivity index (χ0n) is 14.0. The second kappa shape index (κ2) is 6.68. The van der Waals surface area contributed by atoms with Crippen molar-refractivity contribution < 1.29 is 14.3 Å². The van der Waals surface area contributed by atoms with E-state index in [1.807, 2.05) is 41.8 Å². The van der Waals surface area contributed by atoms with Gasteiger partial charge in [-0.1, -0.05) is 6.07 Å². The normalized spacial score (nSPS) is 13.3. The van der Waals surface area contributed by atoms with E-state index in [-0.39, 0.29) is 24.8 Å². The number of Topliss-reactive ketones (excluding diaryl/α,β-unsaturated/α-hetero) is 1. The SMILES string of the molecule is CC(=O)CN1C(=O)COc2ccc(-c3csc(-c4ccccn4)n3)cc21. The lowest BCUT2D eigenvalue weighted by Crippen LogP contribution is -2.41. The molecule has 0 unspecified atom stereocenters. The third-order valence-electron chi connectivity index (χ3n) is 3.97. The Morgan fingerprint density at radius 2 is 2.15 bits per heavy atom. The van der Waals surface area contributed by atoms with Crippen LogP contribution in [0.2, 0.25) is 0 Å². The molecule has 0 bridgehead atoms. The third kappa shape index (κ3) is 3.09. The van der Waals surface area contributed by atoms with Gasteiger partial charge in [-0.2, -0.15) is 0 Å². The average molecular weight is 365 g/mol. The number of nitrogens with zero attached hydrogens (tertiary/aromatic N) is 3. The molecule has 130 valence electrons. The van der Waals surface area contributed by atoms with Crippen LogP contribution in [-0.4, -0.2) is 34.8 Å². The van der Waals surface area contributed by atoms with E-state index in [1.165, 1.54) is 23.2 Å². The van der Waals surface area contributed by atoms with Crippen LogP contribution in [0.25, 0.3) is 22.0 Å². The number of rotatable bonds is 4. The number of carbonyl (C=O) groups excluding carboxylic acids is 2. The molecule has 0 saturated carbocycles. The largest absolute Gasteiger partial charge is 0.482 e. The minimum Gasteiger partial charge on any atom is -0.482 e. The highest BCUT2D eigenvalue weighted by atomic mass is 32.1. The Hall–Kier alpha value is -3.06. The summed E-state index contributed by atoms with van der Waals surface area (Å²) in [5.41, 5.74) is 3.06. The van der Waals surface area contributed by atoms with Gasteiger partial charge in [0.1, 0.15) is 16.5 Å². The first-order valence-corrected chi connectivity index (χ1v) is 8.94. The molecule has 3 heterocycles. The molecule has 0 radical (unpaired) electrons. The highest BCUT2D eigenvalue weighted by Gasteiger charge is 2.27. The lowest BCUT2D eigenvalue weighted by molar-refractivity contribution is -0.123.